The molecular weight excluding hydrogens is 613 g/mol. The molecule has 14 nitrogen and oxygen atoms in total. The van der Waals surface area contributed by atoms with E-state index in [0.29, 0.717) is 6.07 Å². The summed E-state index contributed by atoms with van der Waals surface area (Å²) >= 11 is 0. The zero-order valence-electron chi connectivity index (χ0n) is 20.0. The van der Waals surface area contributed by atoms with E-state index in [0.717, 1.165) is 36.4 Å². The van der Waals surface area contributed by atoms with Gasteiger partial charge in [-0.2, -0.15) is 25.3 Å². The summed E-state index contributed by atoms with van der Waals surface area (Å²) in [6.45, 7) is 1.42. The smallest absolute Gasteiger partial charge is 0.297 e. The molecule has 0 atom stereocenters. The number of nitrogens with zero attached hydrogens (tertiary/aromatic N) is 2. The molecule has 0 saturated heterocycles. The van der Waals surface area contributed by atoms with Crippen molar-refractivity contribution < 1.29 is 52.4 Å². The van der Waals surface area contributed by atoms with Crippen molar-refractivity contribution in [3.8, 4) is 5.75 Å². The molecule has 0 unspecified atom stereocenters. The first kappa shape index (κ1) is 29.5. The maximum Gasteiger partial charge on any atom is 0.297 e. The topological polar surface area (TPSA) is 242 Å². The molecule has 0 aliphatic rings. The van der Waals surface area contributed by atoms with Gasteiger partial charge in [-0.15, -0.1) is 10.2 Å². The minimum absolute atomic E-state index is 0.0982. The predicted molar refractivity (Wildman–Crippen MR) is 141 cm³/mol. The summed E-state index contributed by atoms with van der Waals surface area (Å²) in [6, 6.07) is 9.32. The van der Waals surface area contributed by atoms with Gasteiger partial charge in [0.25, 0.3) is 30.4 Å². The van der Waals surface area contributed by atoms with Crippen LogP contribution in [0, 0.1) is 0 Å². The minimum atomic E-state index is -5.07. The summed E-state index contributed by atoms with van der Waals surface area (Å²) in [5.41, 5.74) is -1.29. The molecule has 4 rings (SSSR count). The molecule has 40 heavy (non-hydrogen) atoms. The highest BCUT2D eigenvalue weighted by molar-refractivity contribution is 7.91. The van der Waals surface area contributed by atoms with Crippen molar-refractivity contribution >= 4 is 73.1 Å². The molecule has 0 saturated carbocycles. The van der Waals surface area contributed by atoms with Gasteiger partial charge in [0.2, 0.25) is 0 Å². The second-order valence-corrected chi connectivity index (χ2v) is 14.7. The molecule has 0 heterocycles. The van der Waals surface area contributed by atoms with Crippen LogP contribution in [0.1, 0.15) is 6.92 Å². The Morgan fingerprint density at radius 3 is 1.88 bits per heavy atom. The summed E-state index contributed by atoms with van der Waals surface area (Å²) in [5.74, 6) is -1.22. The fourth-order valence-electron chi connectivity index (χ4n) is 3.97. The van der Waals surface area contributed by atoms with Crippen LogP contribution in [-0.4, -0.2) is 58.2 Å². The van der Waals surface area contributed by atoms with Gasteiger partial charge in [-0.1, -0.05) is 31.2 Å². The van der Waals surface area contributed by atoms with Crippen molar-refractivity contribution in [3.05, 3.63) is 54.6 Å². The van der Waals surface area contributed by atoms with Gasteiger partial charge >= 0.3 is 0 Å². The molecule has 18 heteroatoms. The van der Waals surface area contributed by atoms with Crippen LogP contribution in [-0.2, 0) is 40.2 Å². The maximum absolute atomic E-state index is 12.3. The van der Waals surface area contributed by atoms with Crippen molar-refractivity contribution in [2.24, 2.45) is 10.2 Å². The van der Waals surface area contributed by atoms with Crippen molar-refractivity contribution in [1.29, 1.82) is 0 Å². The summed E-state index contributed by atoms with van der Waals surface area (Å²) in [4.78, 5) is -2.75. The molecule has 0 aromatic heterocycles. The maximum atomic E-state index is 12.3. The molecule has 212 valence electrons. The Labute approximate surface area is 227 Å². The van der Waals surface area contributed by atoms with E-state index >= 15 is 0 Å². The number of hydrogen-bond acceptors (Lipinski definition) is 11. The third-order valence-electron chi connectivity index (χ3n) is 5.78. The van der Waals surface area contributed by atoms with Gasteiger partial charge in [0.05, 0.1) is 10.6 Å². The molecule has 4 N–H and O–H groups in total. The second kappa shape index (κ2) is 9.84. The van der Waals surface area contributed by atoms with E-state index in [9.17, 15) is 52.4 Å². The number of sulfone groups is 1. The molecule has 0 fully saturated rings. The van der Waals surface area contributed by atoms with Crippen LogP contribution in [0.5, 0.6) is 5.75 Å². The van der Waals surface area contributed by atoms with E-state index < -0.39 is 82.8 Å². The Morgan fingerprint density at radius 1 is 0.675 bits per heavy atom. The van der Waals surface area contributed by atoms with E-state index in [1.165, 1.54) is 19.1 Å². The highest BCUT2D eigenvalue weighted by Crippen LogP contribution is 2.43. The lowest BCUT2D eigenvalue weighted by atomic mass is 10.1. The third-order valence-corrected chi connectivity index (χ3v) is 10.2. The predicted octanol–water partition coefficient (Wildman–Crippen LogP) is 3.65. The first-order valence-corrected chi connectivity index (χ1v) is 16.8. The average molecular weight is 631 g/mol. The van der Waals surface area contributed by atoms with E-state index in [1.54, 1.807) is 0 Å². The molecular formula is C22H18N2O12S4. The van der Waals surface area contributed by atoms with Gasteiger partial charge in [-0.05, 0) is 35.7 Å². The first-order valence-electron chi connectivity index (χ1n) is 10.8. The number of phenols is 1. The van der Waals surface area contributed by atoms with E-state index in [4.69, 9.17) is 0 Å². The molecule has 0 radical (unpaired) electrons. The zero-order chi connectivity index (χ0) is 29.8. The van der Waals surface area contributed by atoms with Crippen molar-refractivity contribution in [3.63, 3.8) is 0 Å². The molecule has 4 aromatic rings. The summed E-state index contributed by atoms with van der Waals surface area (Å²) in [5, 5.41) is 16.8. The Bertz CT molecular complexity index is 2190. The molecule has 0 aliphatic carbocycles. The normalized spacial score (nSPS) is 13.4. The van der Waals surface area contributed by atoms with E-state index in [1.807, 2.05) is 0 Å². The summed E-state index contributed by atoms with van der Waals surface area (Å²) < 4.78 is 126. The molecule has 0 amide bonds. The monoisotopic (exact) mass is 630 g/mol. The van der Waals surface area contributed by atoms with E-state index in [-0.39, 0.29) is 21.4 Å². The van der Waals surface area contributed by atoms with Gasteiger partial charge in [0.1, 0.15) is 26.1 Å². The average Bonchev–Trinajstić information content (AvgIpc) is 2.85. The largest absolute Gasteiger partial charge is 0.505 e. The zero-order valence-corrected chi connectivity index (χ0v) is 23.3. The van der Waals surface area contributed by atoms with Crippen molar-refractivity contribution in [2.45, 2.75) is 26.5 Å². The van der Waals surface area contributed by atoms with Crippen LogP contribution >= 0.6 is 0 Å². The Kier molecular flexibility index (Phi) is 7.25. The van der Waals surface area contributed by atoms with Crippen LogP contribution in [0.3, 0.4) is 0 Å². The van der Waals surface area contributed by atoms with Gasteiger partial charge in [0.15, 0.2) is 15.6 Å². The summed E-state index contributed by atoms with van der Waals surface area (Å²) in [6.07, 6.45) is 0. The number of fused-ring (bicyclic) bond motifs is 2. The van der Waals surface area contributed by atoms with Crippen molar-refractivity contribution in [2.75, 3.05) is 5.75 Å². The third kappa shape index (κ3) is 5.42. The first-order chi connectivity index (χ1) is 18.4. The fourth-order valence-corrected chi connectivity index (χ4v) is 7.15. The number of hydrogen-bond donors (Lipinski definition) is 4. The Hall–Kier alpha value is -3.52. The quantitative estimate of drug-likeness (QED) is 0.169. The molecule has 4 aromatic carbocycles. The lowest BCUT2D eigenvalue weighted by Crippen LogP contribution is -2.04. The van der Waals surface area contributed by atoms with Crippen LogP contribution in [0.2, 0.25) is 0 Å². The number of benzene rings is 4. The van der Waals surface area contributed by atoms with Gasteiger partial charge in [-0.25, -0.2) is 8.42 Å². The van der Waals surface area contributed by atoms with Crippen LogP contribution in [0.25, 0.3) is 21.5 Å². The van der Waals surface area contributed by atoms with Gasteiger partial charge < -0.3 is 5.11 Å². The number of aromatic hydroxyl groups is 1. The standard InChI is InChI=1S/C22H18N2O12S4/c1-2-37(26,27)13-7-8-14-12(10-13)6-9-16(22(14)40(34,35)36)23-24-17-11-19(39(31,32)33)15-4-3-5-18(38(28,29)30)20(15)21(17)25/h3-11,25H,2H2,1H3,(H,28,29,30)(H,31,32,33)(H,34,35,36)/b24-23+. The highest BCUT2D eigenvalue weighted by atomic mass is 32.2. The molecule has 0 spiro atoms. The number of phenolic OH excluding ortho intramolecular Hbond substituents is 1. The lowest BCUT2D eigenvalue weighted by molar-refractivity contribution is 0.472. The van der Waals surface area contributed by atoms with Gasteiger partial charge in [0, 0.05) is 16.2 Å². The number of azo groups is 1. The van der Waals surface area contributed by atoms with Crippen LogP contribution in [0.4, 0.5) is 11.4 Å². The fraction of sp³-hybridized carbons (Fsp3) is 0.0909. The number of rotatable bonds is 7. The molecule has 0 bridgehead atoms. The Balaban J connectivity index is 2.02. The summed E-state index contributed by atoms with van der Waals surface area (Å²) in [7, 11) is -18.8. The Morgan fingerprint density at radius 2 is 1.30 bits per heavy atom. The van der Waals surface area contributed by atoms with E-state index in [2.05, 4.69) is 10.2 Å². The van der Waals surface area contributed by atoms with Crippen molar-refractivity contribution in [1.82, 2.24) is 0 Å². The second-order valence-electron chi connectivity index (χ2n) is 8.25. The lowest BCUT2D eigenvalue weighted by Gasteiger charge is -2.12. The van der Waals surface area contributed by atoms with Crippen LogP contribution in [0.15, 0.2) is 84.4 Å². The SMILES string of the molecule is CCS(=O)(=O)c1ccc2c(S(=O)(=O)O)c(/N=N/c3cc(S(=O)(=O)O)c4cccc(S(=O)(=O)O)c4c3O)ccc2c1. The molecule has 0 aliphatic heterocycles. The van der Waals surface area contributed by atoms with Gasteiger partial charge in [-0.3, -0.25) is 13.7 Å². The van der Waals surface area contributed by atoms with Crippen LogP contribution < -0.4 is 0 Å². The minimum Gasteiger partial charge on any atom is -0.505 e. The highest BCUT2D eigenvalue weighted by Gasteiger charge is 2.26.